The molecule has 0 aromatic carbocycles. The number of nitrogens with one attached hydrogen (secondary N) is 1. The van der Waals surface area contributed by atoms with E-state index in [1.165, 1.54) is 38.5 Å². The highest BCUT2D eigenvalue weighted by Gasteiger charge is 2.39. The van der Waals surface area contributed by atoms with Gasteiger partial charge in [-0.25, -0.2) is 0 Å². The van der Waals surface area contributed by atoms with Crippen LogP contribution in [0, 0.1) is 5.41 Å². The van der Waals surface area contributed by atoms with Crippen LogP contribution in [0.2, 0.25) is 0 Å². The Bertz CT molecular complexity index is 187. The molecule has 1 atom stereocenters. The topological polar surface area (TPSA) is 21.3 Å². The Morgan fingerprint density at radius 2 is 1.82 bits per heavy atom. The Morgan fingerprint density at radius 3 is 2.35 bits per heavy atom. The maximum Gasteiger partial charge on any atom is 0.0625 e. The summed E-state index contributed by atoms with van der Waals surface area (Å²) in [5.74, 6) is 0. The lowest BCUT2D eigenvalue weighted by atomic mass is 9.76. The van der Waals surface area contributed by atoms with Crippen LogP contribution in [-0.2, 0) is 4.74 Å². The van der Waals surface area contributed by atoms with Crippen molar-refractivity contribution in [3.8, 4) is 0 Å². The fourth-order valence-corrected chi connectivity index (χ4v) is 3.14. The first-order valence-corrected chi connectivity index (χ1v) is 7.60. The van der Waals surface area contributed by atoms with E-state index in [1.54, 1.807) is 0 Å². The molecule has 0 aromatic heterocycles. The Kier molecular flexibility index (Phi) is 7.14. The molecule has 0 radical (unpaired) electrons. The third-order valence-electron chi connectivity index (χ3n) is 4.32. The smallest absolute Gasteiger partial charge is 0.0625 e. The van der Waals surface area contributed by atoms with E-state index in [9.17, 15) is 0 Å². The summed E-state index contributed by atoms with van der Waals surface area (Å²) >= 11 is 0. The van der Waals surface area contributed by atoms with Crippen molar-refractivity contribution in [3.05, 3.63) is 0 Å². The van der Waals surface area contributed by atoms with Gasteiger partial charge in [-0.05, 0) is 44.1 Å². The Labute approximate surface area is 108 Å². The highest BCUT2D eigenvalue weighted by molar-refractivity contribution is 4.93. The van der Waals surface area contributed by atoms with Crippen LogP contribution in [0.15, 0.2) is 0 Å². The molecule has 2 nitrogen and oxygen atoms in total. The normalized spacial score (nSPS) is 20.6. The Balaban J connectivity index is 2.52. The van der Waals surface area contributed by atoms with E-state index < -0.39 is 0 Å². The highest BCUT2D eigenvalue weighted by atomic mass is 16.5. The SMILES string of the molecule is CCCNC(COCCC)C1(CC)CCCC1. The summed E-state index contributed by atoms with van der Waals surface area (Å²) in [7, 11) is 0. The molecule has 0 aliphatic heterocycles. The lowest BCUT2D eigenvalue weighted by molar-refractivity contribution is 0.0558. The molecule has 2 heteroatoms. The summed E-state index contributed by atoms with van der Waals surface area (Å²) < 4.78 is 5.82. The van der Waals surface area contributed by atoms with Crippen molar-refractivity contribution in [1.82, 2.24) is 5.32 Å². The van der Waals surface area contributed by atoms with Crippen LogP contribution >= 0.6 is 0 Å². The van der Waals surface area contributed by atoms with Gasteiger partial charge in [0.1, 0.15) is 0 Å². The first-order valence-electron chi connectivity index (χ1n) is 7.60. The van der Waals surface area contributed by atoms with Gasteiger partial charge in [-0.3, -0.25) is 0 Å². The van der Waals surface area contributed by atoms with Gasteiger partial charge in [0.15, 0.2) is 0 Å². The second-order valence-corrected chi connectivity index (χ2v) is 5.50. The molecule has 102 valence electrons. The van der Waals surface area contributed by atoms with Crippen LogP contribution < -0.4 is 5.32 Å². The third-order valence-corrected chi connectivity index (χ3v) is 4.32. The summed E-state index contributed by atoms with van der Waals surface area (Å²) in [5, 5.41) is 3.74. The Morgan fingerprint density at radius 1 is 1.12 bits per heavy atom. The average molecular weight is 241 g/mol. The third kappa shape index (κ3) is 4.26. The fourth-order valence-electron chi connectivity index (χ4n) is 3.14. The van der Waals surface area contributed by atoms with E-state index in [0.717, 1.165) is 26.2 Å². The standard InChI is InChI=1S/C15H31NO/c1-4-11-16-14(13-17-12-5-2)15(6-3)9-7-8-10-15/h14,16H,4-13H2,1-3H3. The molecule has 1 rings (SSSR count). The predicted octanol–water partition coefficient (Wildman–Crippen LogP) is 3.75. The molecule has 1 saturated carbocycles. The molecule has 1 aliphatic rings. The van der Waals surface area contributed by atoms with Gasteiger partial charge in [0.05, 0.1) is 6.61 Å². The van der Waals surface area contributed by atoms with Crippen LogP contribution in [0.25, 0.3) is 0 Å². The summed E-state index contributed by atoms with van der Waals surface area (Å²) in [6.07, 6.45) is 9.23. The van der Waals surface area contributed by atoms with Crippen molar-refractivity contribution < 1.29 is 4.74 Å². The van der Waals surface area contributed by atoms with Crippen LogP contribution in [0.1, 0.15) is 65.7 Å². The minimum Gasteiger partial charge on any atom is -0.380 e. The van der Waals surface area contributed by atoms with Crippen molar-refractivity contribution in [3.63, 3.8) is 0 Å². The van der Waals surface area contributed by atoms with Crippen molar-refractivity contribution >= 4 is 0 Å². The van der Waals surface area contributed by atoms with E-state index in [-0.39, 0.29) is 0 Å². The van der Waals surface area contributed by atoms with Crippen molar-refractivity contribution in [2.45, 2.75) is 71.8 Å². The highest BCUT2D eigenvalue weighted by Crippen LogP contribution is 2.43. The molecule has 1 aliphatic carbocycles. The molecule has 1 unspecified atom stereocenters. The zero-order valence-electron chi connectivity index (χ0n) is 12.1. The lowest BCUT2D eigenvalue weighted by Gasteiger charge is -2.37. The second kappa shape index (κ2) is 8.10. The second-order valence-electron chi connectivity index (χ2n) is 5.50. The molecule has 0 bridgehead atoms. The molecule has 1 N–H and O–H groups in total. The van der Waals surface area contributed by atoms with E-state index in [2.05, 4.69) is 26.1 Å². The monoisotopic (exact) mass is 241 g/mol. The number of hydrogen-bond acceptors (Lipinski definition) is 2. The fraction of sp³-hybridized carbons (Fsp3) is 1.00. The largest absolute Gasteiger partial charge is 0.380 e. The maximum atomic E-state index is 5.82. The molecule has 0 amide bonds. The summed E-state index contributed by atoms with van der Waals surface area (Å²) in [5.41, 5.74) is 0.517. The first-order chi connectivity index (χ1) is 8.29. The van der Waals surface area contributed by atoms with Crippen LogP contribution in [0.3, 0.4) is 0 Å². The minimum atomic E-state index is 0.517. The predicted molar refractivity (Wildman–Crippen MR) is 74.4 cm³/mol. The number of hydrogen-bond donors (Lipinski definition) is 1. The van der Waals surface area contributed by atoms with Crippen LogP contribution in [0.4, 0.5) is 0 Å². The Hall–Kier alpha value is -0.0800. The number of ether oxygens (including phenoxy) is 1. The molecule has 1 fully saturated rings. The molecule has 0 aromatic rings. The van der Waals surface area contributed by atoms with Crippen molar-refractivity contribution in [1.29, 1.82) is 0 Å². The van der Waals surface area contributed by atoms with Gasteiger partial charge in [0.2, 0.25) is 0 Å². The molecular formula is C15H31NO. The molecule has 17 heavy (non-hydrogen) atoms. The quantitative estimate of drug-likeness (QED) is 0.621. The lowest BCUT2D eigenvalue weighted by Crippen LogP contribution is -2.47. The molecule has 0 spiro atoms. The van der Waals surface area contributed by atoms with Crippen LogP contribution in [-0.4, -0.2) is 25.8 Å². The van der Waals surface area contributed by atoms with Gasteiger partial charge >= 0.3 is 0 Å². The van der Waals surface area contributed by atoms with Gasteiger partial charge in [-0.2, -0.15) is 0 Å². The van der Waals surface area contributed by atoms with E-state index in [0.29, 0.717) is 11.5 Å². The van der Waals surface area contributed by atoms with Gasteiger partial charge in [-0.15, -0.1) is 0 Å². The van der Waals surface area contributed by atoms with Crippen molar-refractivity contribution in [2.75, 3.05) is 19.8 Å². The summed E-state index contributed by atoms with van der Waals surface area (Å²) in [6.45, 7) is 9.71. The summed E-state index contributed by atoms with van der Waals surface area (Å²) in [4.78, 5) is 0. The van der Waals surface area contributed by atoms with E-state index in [4.69, 9.17) is 4.74 Å². The van der Waals surface area contributed by atoms with Crippen molar-refractivity contribution in [2.24, 2.45) is 5.41 Å². The van der Waals surface area contributed by atoms with Gasteiger partial charge in [0.25, 0.3) is 0 Å². The first kappa shape index (κ1) is 15.0. The molecule has 0 heterocycles. The molecular weight excluding hydrogens is 210 g/mol. The zero-order valence-corrected chi connectivity index (χ0v) is 12.1. The average Bonchev–Trinajstić information content (AvgIpc) is 2.83. The zero-order chi connectivity index (χ0) is 12.6. The van der Waals surface area contributed by atoms with Crippen LogP contribution in [0.5, 0.6) is 0 Å². The molecule has 0 saturated heterocycles. The summed E-state index contributed by atoms with van der Waals surface area (Å²) in [6, 6.07) is 0.571. The van der Waals surface area contributed by atoms with Gasteiger partial charge < -0.3 is 10.1 Å². The van der Waals surface area contributed by atoms with Gasteiger partial charge in [-0.1, -0.05) is 33.6 Å². The number of rotatable bonds is 9. The van der Waals surface area contributed by atoms with Gasteiger partial charge in [0, 0.05) is 12.6 Å². The van der Waals surface area contributed by atoms with E-state index >= 15 is 0 Å². The maximum absolute atomic E-state index is 5.82. The van der Waals surface area contributed by atoms with E-state index in [1.807, 2.05) is 0 Å². The minimum absolute atomic E-state index is 0.517.